The lowest BCUT2D eigenvalue weighted by molar-refractivity contribution is 0.142. The molecule has 0 aliphatic heterocycles. The summed E-state index contributed by atoms with van der Waals surface area (Å²) in [7, 11) is 0. The molecular weight excluding hydrogens is 204 g/mol. The summed E-state index contributed by atoms with van der Waals surface area (Å²) in [5, 5.41) is 0. The summed E-state index contributed by atoms with van der Waals surface area (Å²) in [6, 6.07) is 12.8. The van der Waals surface area contributed by atoms with Crippen LogP contribution in [-0.4, -0.2) is 10.7 Å². The molecule has 4 heteroatoms. The summed E-state index contributed by atoms with van der Waals surface area (Å²) in [6.07, 6.45) is 1.11. The van der Waals surface area contributed by atoms with Crippen molar-refractivity contribution in [3.05, 3.63) is 54.2 Å². The van der Waals surface area contributed by atoms with Crippen molar-refractivity contribution in [1.29, 1.82) is 0 Å². The number of rotatable bonds is 2. The lowest BCUT2D eigenvalue weighted by Crippen LogP contribution is -2.14. The van der Waals surface area contributed by atoms with Crippen molar-refractivity contribution in [2.75, 3.05) is 5.73 Å². The second-order valence-electron chi connectivity index (χ2n) is 3.34. The van der Waals surface area contributed by atoms with Gasteiger partial charge in [0.05, 0.1) is 0 Å². The number of benzene rings is 1. The maximum atomic E-state index is 11.6. The Morgan fingerprint density at radius 1 is 1.19 bits per heavy atom. The van der Waals surface area contributed by atoms with Crippen molar-refractivity contribution in [3.63, 3.8) is 0 Å². The van der Waals surface area contributed by atoms with Crippen LogP contribution in [0.5, 0.6) is 0 Å². The van der Waals surface area contributed by atoms with Crippen LogP contribution in [0.25, 0.3) is 0 Å². The molecule has 0 saturated carbocycles. The maximum Gasteiger partial charge on any atom is 0.419 e. The molecule has 0 atom stereocenters. The fourth-order valence-corrected chi connectivity index (χ4v) is 1.35. The van der Waals surface area contributed by atoms with Gasteiger partial charge in [-0.15, -0.1) is 0 Å². The predicted octanol–water partition coefficient (Wildman–Crippen LogP) is 2.26. The van der Waals surface area contributed by atoms with Crippen molar-refractivity contribution in [1.82, 2.24) is 4.57 Å². The number of nitrogens with two attached hydrogens (primary N) is 1. The van der Waals surface area contributed by atoms with Crippen molar-refractivity contribution in [2.45, 2.75) is 6.61 Å². The second-order valence-corrected chi connectivity index (χ2v) is 3.34. The Kier molecular flexibility index (Phi) is 2.91. The molecular formula is C12H12N2O2. The smallest absolute Gasteiger partial charge is 0.419 e. The molecule has 1 aromatic heterocycles. The Morgan fingerprint density at radius 2 is 1.94 bits per heavy atom. The molecule has 0 bridgehead atoms. The van der Waals surface area contributed by atoms with E-state index in [9.17, 15) is 4.79 Å². The number of hydrogen-bond acceptors (Lipinski definition) is 3. The van der Waals surface area contributed by atoms with Crippen LogP contribution in [0.15, 0.2) is 48.7 Å². The van der Waals surface area contributed by atoms with Gasteiger partial charge in [0.15, 0.2) is 0 Å². The molecule has 16 heavy (non-hydrogen) atoms. The lowest BCUT2D eigenvalue weighted by atomic mass is 10.2. The van der Waals surface area contributed by atoms with Crippen LogP contribution >= 0.6 is 0 Å². The minimum Gasteiger partial charge on any atom is -0.444 e. The summed E-state index contributed by atoms with van der Waals surface area (Å²) in [5.41, 5.74) is 6.52. The maximum absolute atomic E-state index is 11.6. The molecule has 1 aromatic carbocycles. The normalized spacial score (nSPS) is 10.0. The average Bonchev–Trinajstić information content (AvgIpc) is 2.74. The number of carbonyl (C=O) groups excluding carboxylic acids is 1. The van der Waals surface area contributed by atoms with Gasteiger partial charge in [0.2, 0.25) is 0 Å². The Hall–Kier alpha value is -2.23. The largest absolute Gasteiger partial charge is 0.444 e. The van der Waals surface area contributed by atoms with E-state index in [2.05, 4.69) is 0 Å². The monoisotopic (exact) mass is 216 g/mol. The van der Waals surface area contributed by atoms with Gasteiger partial charge in [-0.2, -0.15) is 0 Å². The first kappa shape index (κ1) is 10.3. The van der Waals surface area contributed by atoms with Crippen LogP contribution in [0, 0.1) is 0 Å². The molecule has 0 radical (unpaired) electrons. The SMILES string of the molecule is Nc1cccn1C(=O)OCc1ccccc1. The van der Waals surface area contributed by atoms with E-state index in [-0.39, 0.29) is 6.61 Å². The second kappa shape index (κ2) is 4.53. The van der Waals surface area contributed by atoms with Gasteiger partial charge in [0.1, 0.15) is 12.4 Å². The van der Waals surface area contributed by atoms with Gasteiger partial charge < -0.3 is 10.5 Å². The van der Waals surface area contributed by atoms with Crippen LogP contribution in [0.4, 0.5) is 10.6 Å². The molecule has 0 aliphatic carbocycles. The van der Waals surface area contributed by atoms with Gasteiger partial charge in [-0.05, 0) is 17.7 Å². The highest BCUT2D eigenvalue weighted by atomic mass is 16.5. The number of nitrogen functional groups attached to an aromatic ring is 1. The number of aromatic nitrogens is 1. The highest BCUT2D eigenvalue weighted by Gasteiger charge is 2.07. The van der Waals surface area contributed by atoms with E-state index in [1.165, 1.54) is 4.57 Å². The summed E-state index contributed by atoms with van der Waals surface area (Å²) in [4.78, 5) is 11.6. The molecule has 0 saturated heterocycles. The number of nitrogens with zero attached hydrogens (tertiary/aromatic N) is 1. The van der Waals surface area contributed by atoms with Crippen LogP contribution in [-0.2, 0) is 11.3 Å². The van der Waals surface area contributed by atoms with E-state index in [1.54, 1.807) is 18.3 Å². The molecule has 0 fully saturated rings. The first-order valence-electron chi connectivity index (χ1n) is 4.91. The molecule has 2 N–H and O–H groups in total. The molecule has 0 aliphatic rings. The Labute approximate surface area is 93.3 Å². The summed E-state index contributed by atoms with van der Waals surface area (Å²) < 4.78 is 6.36. The average molecular weight is 216 g/mol. The zero-order valence-electron chi connectivity index (χ0n) is 8.67. The topological polar surface area (TPSA) is 57.2 Å². The Balaban J connectivity index is 1.97. The highest BCUT2D eigenvalue weighted by molar-refractivity contribution is 5.74. The van der Waals surface area contributed by atoms with E-state index < -0.39 is 6.09 Å². The molecule has 0 unspecified atom stereocenters. The van der Waals surface area contributed by atoms with Gasteiger partial charge in [-0.25, -0.2) is 9.36 Å². The van der Waals surface area contributed by atoms with Crippen molar-refractivity contribution in [2.24, 2.45) is 0 Å². The van der Waals surface area contributed by atoms with Gasteiger partial charge in [-0.3, -0.25) is 0 Å². The number of carbonyl (C=O) groups is 1. The Bertz CT molecular complexity index is 477. The fraction of sp³-hybridized carbons (Fsp3) is 0.0833. The zero-order valence-corrected chi connectivity index (χ0v) is 8.67. The van der Waals surface area contributed by atoms with E-state index in [1.807, 2.05) is 30.3 Å². The third kappa shape index (κ3) is 2.23. The fourth-order valence-electron chi connectivity index (χ4n) is 1.35. The molecule has 2 aromatic rings. The molecule has 0 spiro atoms. The Morgan fingerprint density at radius 3 is 2.56 bits per heavy atom. The highest BCUT2D eigenvalue weighted by Crippen LogP contribution is 2.06. The van der Waals surface area contributed by atoms with Crippen molar-refractivity contribution < 1.29 is 9.53 Å². The summed E-state index contributed by atoms with van der Waals surface area (Å²) in [6.45, 7) is 0.247. The number of ether oxygens (including phenoxy) is 1. The minimum atomic E-state index is -0.466. The summed E-state index contributed by atoms with van der Waals surface area (Å²) >= 11 is 0. The molecule has 1 heterocycles. The lowest BCUT2D eigenvalue weighted by Gasteiger charge is -2.06. The van der Waals surface area contributed by atoms with E-state index in [0.29, 0.717) is 5.82 Å². The quantitative estimate of drug-likeness (QED) is 0.837. The van der Waals surface area contributed by atoms with Crippen LogP contribution in [0.3, 0.4) is 0 Å². The standard InChI is InChI=1S/C12H12N2O2/c13-11-7-4-8-14(11)12(15)16-9-10-5-2-1-3-6-10/h1-8H,9,13H2. The van der Waals surface area contributed by atoms with Crippen molar-refractivity contribution >= 4 is 11.9 Å². The number of anilines is 1. The molecule has 2 rings (SSSR count). The van der Waals surface area contributed by atoms with E-state index >= 15 is 0 Å². The molecule has 82 valence electrons. The minimum absolute atomic E-state index is 0.247. The van der Waals surface area contributed by atoms with E-state index in [0.717, 1.165) is 5.56 Å². The first-order valence-corrected chi connectivity index (χ1v) is 4.91. The van der Waals surface area contributed by atoms with Gasteiger partial charge >= 0.3 is 6.09 Å². The van der Waals surface area contributed by atoms with Gasteiger partial charge in [0.25, 0.3) is 0 Å². The zero-order chi connectivity index (χ0) is 11.4. The first-order chi connectivity index (χ1) is 7.77. The summed E-state index contributed by atoms with van der Waals surface area (Å²) in [5.74, 6) is 0.373. The van der Waals surface area contributed by atoms with Crippen LogP contribution in [0.1, 0.15) is 5.56 Å². The van der Waals surface area contributed by atoms with Crippen LogP contribution in [0.2, 0.25) is 0 Å². The van der Waals surface area contributed by atoms with Crippen molar-refractivity contribution in [3.8, 4) is 0 Å². The van der Waals surface area contributed by atoms with Crippen LogP contribution < -0.4 is 5.73 Å². The third-order valence-electron chi connectivity index (χ3n) is 2.18. The van der Waals surface area contributed by atoms with E-state index in [4.69, 9.17) is 10.5 Å². The number of hydrogen-bond donors (Lipinski definition) is 1. The van der Waals surface area contributed by atoms with Gasteiger partial charge in [0, 0.05) is 6.20 Å². The third-order valence-corrected chi connectivity index (χ3v) is 2.18. The predicted molar refractivity (Wildman–Crippen MR) is 60.9 cm³/mol. The molecule has 4 nitrogen and oxygen atoms in total. The molecule has 0 amide bonds. The van der Waals surface area contributed by atoms with Gasteiger partial charge in [-0.1, -0.05) is 30.3 Å².